The van der Waals surface area contributed by atoms with Gasteiger partial charge in [0.1, 0.15) is 5.67 Å². The van der Waals surface area contributed by atoms with Crippen LogP contribution >= 0.6 is 0 Å². The normalized spacial score (nSPS) is 17.6. The zero-order chi connectivity index (χ0) is 19.9. The van der Waals surface area contributed by atoms with Crippen LogP contribution in [0.25, 0.3) is 0 Å². The van der Waals surface area contributed by atoms with Crippen LogP contribution in [0, 0.1) is 20.8 Å². The largest absolute Gasteiger partial charge is 0.341 e. The first-order chi connectivity index (χ1) is 13.3. The van der Waals surface area contributed by atoms with Crippen LogP contribution in [0.3, 0.4) is 0 Å². The summed E-state index contributed by atoms with van der Waals surface area (Å²) >= 11 is 0. The van der Waals surface area contributed by atoms with Crippen LogP contribution in [0.2, 0.25) is 0 Å². The summed E-state index contributed by atoms with van der Waals surface area (Å²) < 4.78 is 13.9. The molecular weight excluding hydrogens is 351 g/mol. The fraction of sp³-hybridized carbons (Fsp3) is 0.458. The summed E-state index contributed by atoms with van der Waals surface area (Å²) in [7, 11) is 0. The molecule has 1 N–H and O–H groups in total. The van der Waals surface area contributed by atoms with Crippen molar-refractivity contribution in [3.05, 3.63) is 52.6 Å². The molecule has 148 valence electrons. The first kappa shape index (κ1) is 19.0. The summed E-state index contributed by atoms with van der Waals surface area (Å²) in [6.07, 6.45) is 4.44. The molecule has 0 bridgehead atoms. The Kier molecular flexibility index (Phi) is 4.90. The van der Waals surface area contributed by atoms with Gasteiger partial charge < -0.3 is 10.2 Å². The molecule has 0 aromatic heterocycles. The van der Waals surface area contributed by atoms with Crippen LogP contribution in [0.1, 0.15) is 54.4 Å². The number of benzene rings is 2. The molecule has 28 heavy (non-hydrogen) atoms. The molecule has 3 nitrogen and oxygen atoms in total. The zero-order valence-corrected chi connectivity index (χ0v) is 17.1. The van der Waals surface area contributed by atoms with Gasteiger partial charge in [-0.15, -0.1) is 0 Å². The zero-order valence-electron chi connectivity index (χ0n) is 17.1. The maximum Gasteiger partial charge on any atom is 0.227 e. The average Bonchev–Trinajstić information content (AvgIpc) is 3.39. The number of aryl methyl sites for hydroxylation is 4. The summed E-state index contributed by atoms with van der Waals surface area (Å²) in [5.74, 6) is -0.227. The van der Waals surface area contributed by atoms with Crippen molar-refractivity contribution in [2.75, 3.05) is 16.8 Å². The van der Waals surface area contributed by atoms with Crippen molar-refractivity contribution in [3.63, 3.8) is 0 Å². The number of fused-ring (bicyclic) bond motifs is 1. The van der Waals surface area contributed by atoms with Gasteiger partial charge in [0.15, 0.2) is 0 Å². The van der Waals surface area contributed by atoms with Gasteiger partial charge in [0.25, 0.3) is 0 Å². The van der Waals surface area contributed by atoms with Crippen molar-refractivity contribution in [3.8, 4) is 0 Å². The summed E-state index contributed by atoms with van der Waals surface area (Å²) in [5.41, 5.74) is 6.73. The van der Waals surface area contributed by atoms with E-state index in [0.717, 1.165) is 41.9 Å². The smallest absolute Gasteiger partial charge is 0.227 e. The monoisotopic (exact) mass is 380 g/mol. The van der Waals surface area contributed by atoms with Crippen molar-refractivity contribution in [1.29, 1.82) is 0 Å². The second-order valence-corrected chi connectivity index (χ2v) is 8.57. The SMILES string of the molecule is Cc1ccc2c(c1)CCCCN2c1cc(C)c(NC(=O)CC2(F)CC2)c(C)c1. The lowest BCUT2D eigenvalue weighted by molar-refractivity contribution is -0.117. The number of hydrogen-bond donors (Lipinski definition) is 1. The minimum absolute atomic E-state index is 0.0352. The van der Waals surface area contributed by atoms with Crippen LogP contribution < -0.4 is 10.2 Å². The number of nitrogens with one attached hydrogen (secondary N) is 1. The van der Waals surface area contributed by atoms with Crippen LogP contribution in [0.4, 0.5) is 21.5 Å². The molecule has 4 heteroatoms. The summed E-state index contributed by atoms with van der Waals surface area (Å²) in [4.78, 5) is 14.6. The number of halogens is 1. The Morgan fingerprint density at radius 1 is 1.11 bits per heavy atom. The highest BCUT2D eigenvalue weighted by atomic mass is 19.1. The van der Waals surface area contributed by atoms with Crippen LogP contribution in [-0.4, -0.2) is 18.1 Å². The van der Waals surface area contributed by atoms with E-state index in [2.05, 4.69) is 47.5 Å². The molecule has 2 aromatic carbocycles. The fourth-order valence-electron chi connectivity index (χ4n) is 4.23. The van der Waals surface area contributed by atoms with Gasteiger partial charge in [-0.1, -0.05) is 17.7 Å². The van der Waals surface area contributed by atoms with Gasteiger partial charge in [-0.25, -0.2) is 4.39 Å². The number of nitrogens with zero attached hydrogens (tertiary/aromatic N) is 1. The molecule has 4 rings (SSSR count). The Labute approximate surface area is 166 Å². The average molecular weight is 381 g/mol. The van der Waals surface area contributed by atoms with E-state index in [-0.39, 0.29) is 12.3 Å². The maximum absolute atomic E-state index is 13.9. The number of carbonyl (C=O) groups excluding carboxylic acids is 1. The van der Waals surface area contributed by atoms with Crippen LogP contribution in [-0.2, 0) is 11.2 Å². The molecule has 0 spiro atoms. The predicted molar refractivity (Wildman–Crippen MR) is 113 cm³/mol. The lowest BCUT2D eigenvalue weighted by atomic mass is 10.0. The van der Waals surface area contributed by atoms with Crippen molar-refractivity contribution in [1.82, 2.24) is 0 Å². The van der Waals surface area contributed by atoms with Gasteiger partial charge in [-0.05, 0) is 87.8 Å². The molecule has 1 amide bonds. The van der Waals surface area contributed by atoms with Gasteiger partial charge in [0.2, 0.25) is 5.91 Å². The second-order valence-electron chi connectivity index (χ2n) is 8.57. The summed E-state index contributed by atoms with van der Waals surface area (Å²) in [5, 5.41) is 2.95. The van der Waals surface area contributed by atoms with E-state index in [9.17, 15) is 9.18 Å². The van der Waals surface area contributed by atoms with Crippen LogP contribution in [0.5, 0.6) is 0 Å². The van der Waals surface area contributed by atoms with E-state index in [1.807, 2.05) is 13.8 Å². The lowest BCUT2D eigenvalue weighted by Gasteiger charge is -2.27. The van der Waals surface area contributed by atoms with Gasteiger partial charge in [-0.2, -0.15) is 0 Å². The molecule has 2 aromatic rings. The van der Waals surface area contributed by atoms with Gasteiger partial charge >= 0.3 is 0 Å². The molecule has 0 atom stereocenters. The molecule has 1 heterocycles. The molecular formula is C24H29FN2O. The fourth-order valence-corrected chi connectivity index (χ4v) is 4.23. The minimum atomic E-state index is -1.26. The second kappa shape index (κ2) is 7.23. The Morgan fingerprint density at radius 3 is 2.50 bits per heavy atom. The van der Waals surface area contributed by atoms with Crippen molar-refractivity contribution in [2.45, 2.75) is 65.0 Å². The Morgan fingerprint density at radius 2 is 1.82 bits per heavy atom. The number of alkyl halides is 1. The predicted octanol–water partition coefficient (Wildman–Crippen LogP) is 5.92. The molecule has 2 aliphatic rings. The summed E-state index contributed by atoms with van der Waals surface area (Å²) in [6.45, 7) is 7.17. The van der Waals surface area contributed by atoms with Gasteiger partial charge in [-0.3, -0.25) is 4.79 Å². The lowest BCUT2D eigenvalue weighted by Crippen LogP contribution is -2.21. The highest BCUT2D eigenvalue weighted by Gasteiger charge is 2.44. The van der Waals surface area contributed by atoms with Crippen LogP contribution in [0.15, 0.2) is 30.3 Å². The summed E-state index contributed by atoms with van der Waals surface area (Å²) in [6, 6.07) is 11.0. The third-order valence-electron chi connectivity index (χ3n) is 5.97. The van der Waals surface area contributed by atoms with E-state index < -0.39 is 5.67 Å². The Bertz CT molecular complexity index is 894. The third-order valence-corrected chi connectivity index (χ3v) is 5.97. The number of anilines is 3. The quantitative estimate of drug-likeness (QED) is 0.714. The van der Waals surface area contributed by atoms with E-state index in [0.29, 0.717) is 12.8 Å². The molecule has 0 radical (unpaired) electrons. The maximum atomic E-state index is 13.9. The molecule has 1 saturated carbocycles. The van der Waals surface area contributed by atoms with Crippen molar-refractivity contribution >= 4 is 23.0 Å². The molecule has 1 aliphatic heterocycles. The van der Waals surface area contributed by atoms with Gasteiger partial charge in [0.05, 0.1) is 6.42 Å². The first-order valence-corrected chi connectivity index (χ1v) is 10.3. The van der Waals surface area contributed by atoms with E-state index in [1.165, 1.54) is 23.2 Å². The van der Waals surface area contributed by atoms with Crippen molar-refractivity contribution < 1.29 is 9.18 Å². The highest BCUT2D eigenvalue weighted by molar-refractivity contribution is 5.93. The number of carbonyl (C=O) groups is 1. The number of amides is 1. The van der Waals surface area contributed by atoms with Gasteiger partial charge in [0, 0.05) is 23.6 Å². The third kappa shape index (κ3) is 3.91. The molecule has 0 unspecified atom stereocenters. The number of rotatable bonds is 4. The Balaban J connectivity index is 1.62. The standard InChI is InChI=1S/C24H29FN2O/c1-16-7-8-21-19(12-16)6-4-5-11-27(21)20-13-17(2)23(18(3)14-20)26-22(28)15-24(25)9-10-24/h7-8,12-14H,4-6,9-11,15H2,1-3H3,(H,26,28). The first-order valence-electron chi connectivity index (χ1n) is 10.3. The minimum Gasteiger partial charge on any atom is -0.341 e. The van der Waals surface area contributed by atoms with E-state index in [4.69, 9.17) is 0 Å². The topological polar surface area (TPSA) is 32.3 Å². The Hall–Kier alpha value is -2.36. The van der Waals surface area contributed by atoms with E-state index in [1.54, 1.807) is 0 Å². The molecule has 1 aliphatic carbocycles. The number of hydrogen-bond acceptors (Lipinski definition) is 2. The van der Waals surface area contributed by atoms with E-state index >= 15 is 0 Å². The highest BCUT2D eigenvalue weighted by Crippen LogP contribution is 2.43. The molecule has 0 saturated heterocycles. The van der Waals surface area contributed by atoms with Crippen molar-refractivity contribution in [2.24, 2.45) is 0 Å². The molecule has 1 fully saturated rings.